The van der Waals surface area contributed by atoms with Crippen LogP contribution in [0, 0.1) is 0 Å². The third-order valence-electron chi connectivity index (χ3n) is 3.17. The molecule has 1 aromatic heterocycles. The minimum Gasteiger partial charge on any atom is -0.497 e. The zero-order valence-corrected chi connectivity index (χ0v) is 10.8. The Hall–Kier alpha value is -2.48. The number of fused-ring (bicyclic) bond motifs is 1. The van der Waals surface area contributed by atoms with Crippen molar-refractivity contribution in [3.8, 4) is 5.75 Å². The van der Waals surface area contributed by atoms with Gasteiger partial charge < -0.3 is 9.30 Å². The molecule has 0 N–H and O–H groups in total. The number of nitrogens with zero attached hydrogens (tertiary/aromatic N) is 1. The normalized spacial score (nSPS) is 11.2. The van der Waals surface area contributed by atoms with Gasteiger partial charge in [0.25, 0.3) is 0 Å². The Morgan fingerprint density at radius 1 is 0.947 bits per heavy atom. The van der Waals surface area contributed by atoms with Crippen LogP contribution in [0.25, 0.3) is 23.2 Å². The van der Waals surface area contributed by atoms with Crippen molar-refractivity contribution in [1.29, 1.82) is 0 Å². The average molecular weight is 249 g/mol. The first-order valence-corrected chi connectivity index (χ1v) is 6.25. The third kappa shape index (κ3) is 2.38. The zero-order valence-electron chi connectivity index (χ0n) is 10.8. The van der Waals surface area contributed by atoms with E-state index in [-0.39, 0.29) is 0 Å². The molecule has 0 saturated heterocycles. The molecule has 3 aromatic rings. The molecule has 2 aromatic carbocycles. The number of hydrogen-bond acceptors (Lipinski definition) is 1. The van der Waals surface area contributed by atoms with E-state index in [1.807, 2.05) is 24.3 Å². The van der Waals surface area contributed by atoms with E-state index in [2.05, 4.69) is 53.4 Å². The lowest BCUT2D eigenvalue weighted by Crippen LogP contribution is -1.83. The van der Waals surface area contributed by atoms with Gasteiger partial charge in [0.15, 0.2) is 0 Å². The van der Waals surface area contributed by atoms with E-state index in [9.17, 15) is 0 Å². The van der Waals surface area contributed by atoms with E-state index in [0.29, 0.717) is 0 Å². The number of benzene rings is 2. The van der Waals surface area contributed by atoms with Crippen molar-refractivity contribution in [3.05, 3.63) is 66.4 Å². The lowest BCUT2D eigenvalue weighted by Gasteiger charge is -2.00. The topological polar surface area (TPSA) is 14.2 Å². The summed E-state index contributed by atoms with van der Waals surface area (Å²) < 4.78 is 7.27. The molecule has 0 radical (unpaired) electrons. The highest BCUT2D eigenvalue weighted by Gasteiger charge is 1.96. The molecule has 0 bridgehead atoms. The van der Waals surface area contributed by atoms with Crippen LogP contribution in [0.1, 0.15) is 5.56 Å². The third-order valence-corrected chi connectivity index (χ3v) is 3.17. The zero-order chi connectivity index (χ0) is 13.1. The van der Waals surface area contributed by atoms with Crippen molar-refractivity contribution in [3.63, 3.8) is 0 Å². The molecule has 0 aliphatic rings. The van der Waals surface area contributed by atoms with Crippen molar-refractivity contribution in [2.75, 3.05) is 7.11 Å². The molecule has 1 heterocycles. The second-order valence-corrected chi connectivity index (χ2v) is 4.37. The van der Waals surface area contributed by atoms with E-state index in [1.165, 1.54) is 10.9 Å². The van der Waals surface area contributed by atoms with Crippen LogP contribution in [0.2, 0.25) is 0 Å². The summed E-state index contributed by atoms with van der Waals surface area (Å²) in [6.07, 6.45) is 6.24. The number of methoxy groups -OCH3 is 1. The van der Waals surface area contributed by atoms with Crippen molar-refractivity contribution in [1.82, 2.24) is 4.57 Å². The summed E-state index contributed by atoms with van der Waals surface area (Å²) in [7, 11) is 1.68. The van der Waals surface area contributed by atoms with E-state index in [4.69, 9.17) is 4.74 Å². The fourth-order valence-corrected chi connectivity index (χ4v) is 2.12. The highest BCUT2D eigenvalue weighted by Crippen LogP contribution is 2.17. The van der Waals surface area contributed by atoms with Crippen molar-refractivity contribution in [2.45, 2.75) is 0 Å². The fraction of sp³-hybridized carbons (Fsp3) is 0.0588. The molecule has 0 saturated carbocycles. The van der Waals surface area contributed by atoms with Crippen molar-refractivity contribution < 1.29 is 4.74 Å². The maximum Gasteiger partial charge on any atom is 0.118 e. The van der Waals surface area contributed by atoms with Gasteiger partial charge in [0.05, 0.1) is 12.6 Å². The summed E-state index contributed by atoms with van der Waals surface area (Å²) in [4.78, 5) is 0. The maximum absolute atomic E-state index is 5.15. The molecule has 94 valence electrons. The molecular weight excluding hydrogens is 234 g/mol. The van der Waals surface area contributed by atoms with Gasteiger partial charge in [0.2, 0.25) is 0 Å². The van der Waals surface area contributed by atoms with E-state index >= 15 is 0 Å². The Morgan fingerprint density at radius 2 is 1.74 bits per heavy atom. The summed E-state index contributed by atoms with van der Waals surface area (Å²) >= 11 is 0. The summed E-state index contributed by atoms with van der Waals surface area (Å²) in [6, 6.07) is 18.5. The summed E-state index contributed by atoms with van der Waals surface area (Å²) in [5, 5.41) is 1.25. The summed E-state index contributed by atoms with van der Waals surface area (Å²) in [5.41, 5.74) is 2.37. The molecule has 0 fully saturated rings. The molecule has 3 rings (SSSR count). The first-order chi connectivity index (χ1) is 9.36. The maximum atomic E-state index is 5.15. The lowest BCUT2D eigenvalue weighted by molar-refractivity contribution is 0.415. The fourth-order valence-electron chi connectivity index (χ4n) is 2.12. The number of para-hydroxylation sites is 1. The van der Waals surface area contributed by atoms with Gasteiger partial charge in [0.1, 0.15) is 5.75 Å². The Labute approximate surface area is 112 Å². The largest absolute Gasteiger partial charge is 0.497 e. The molecule has 2 nitrogen and oxygen atoms in total. The standard InChI is InChI=1S/C17H15NO/c1-19-16-8-6-14(7-9-16)10-12-18-13-11-15-4-2-3-5-17(15)18/h2-13H,1H3. The minimum absolute atomic E-state index is 0.878. The Morgan fingerprint density at radius 3 is 2.53 bits per heavy atom. The van der Waals surface area contributed by atoms with Gasteiger partial charge >= 0.3 is 0 Å². The van der Waals surface area contributed by atoms with Gasteiger partial charge in [-0.05, 0) is 41.3 Å². The molecular formula is C17H15NO. The molecule has 0 unspecified atom stereocenters. The highest BCUT2D eigenvalue weighted by molar-refractivity contribution is 5.83. The first-order valence-electron chi connectivity index (χ1n) is 6.25. The molecule has 0 aliphatic carbocycles. The second-order valence-electron chi connectivity index (χ2n) is 4.37. The summed E-state index contributed by atoms with van der Waals surface area (Å²) in [6.45, 7) is 0. The predicted octanol–water partition coefficient (Wildman–Crippen LogP) is 4.28. The van der Waals surface area contributed by atoms with Crippen LogP contribution < -0.4 is 4.74 Å². The molecule has 0 spiro atoms. The number of hydrogen-bond donors (Lipinski definition) is 0. The van der Waals surface area contributed by atoms with Crippen molar-refractivity contribution in [2.24, 2.45) is 0 Å². The van der Waals surface area contributed by atoms with Gasteiger partial charge in [0, 0.05) is 12.4 Å². The number of aromatic nitrogens is 1. The molecule has 0 aliphatic heterocycles. The van der Waals surface area contributed by atoms with Crippen LogP contribution >= 0.6 is 0 Å². The van der Waals surface area contributed by atoms with E-state index < -0.39 is 0 Å². The van der Waals surface area contributed by atoms with E-state index in [0.717, 1.165) is 11.3 Å². The van der Waals surface area contributed by atoms with Gasteiger partial charge in [-0.1, -0.05) is 30.3 Å². The Balaban J connectivity index is 1.89. The smallest absolute Gasteiger partial charge is 0.118 e. The monoisotopic (exact) mass is 249 g/mol. The second kappa shape index (κ2) is 5.02. The van der Waals surface area contributed by atoms with E-state index in [1.54, 1.807) is 7.11 Å². The molecule has 19 heavy (non-hydrogen) atoms. The Kier molecular flexibility index (Phi) is 3.07. The molecule has 0 atom stereocenters. The van der Waals surface area contributed by atoms with Gasteiger partial charge in [-0.2, -0.15) is 0 Å². The van der Waals surface area contributed by atoms with Gasteiger partial charge in [-0.3, -0.25) is 0 Å². The predicted molar refractivity (Wildman–Crippen MR) is 80.2 cm³/mol. The van der Waals surface area contributed by atoms with Gasteiger partial charge in [-0.15, -0.1) is 0 Å². The number of ether oxygens (including phenoxy) is 1. The van der Waals surface area contributed by atoms with Crippen LogP contribution in [0.15, 0.2) is 60.8 Å². The van der Waals surface area contributed by atoms with Crippen molar-refractivity contribution >= 4 is 23.2 Å². The van der Waals surface area contributed by atoms with Crippen LogP contribution in [0.4, 0.5) is 0 Å². The van der Waals surface area contributed by atoms with Gasteiger partial charge in [-0.25, -0.2) is 0 Å². The SMILES string of the molecule is COc1ccc(C=Cn2ccc3ccccc32)cc1. The van der Waals surface area contributed by atoms with Crippen LogP contribution in [0.5, 0.6) is 5.75 Å². The Bertz CT molecular complexity index is 707. The van der Waals surface area contributed by atoms with Crippen LogP contribution in [-0.4, -0.2) is 11.7 Å². The quantitative estimate of drug-likeness (QED) is 0.676. The van der Waals surface area contributed by atoms with Crippen LogP contribution in [0.3, 0.4) is 0 Å². The lowest BCUT2D eigenvalue weighted by atomic mass is 10.2. The first kappa shape index (κ1) is 11.6. The minimum atomic E-state index is 0.878. The number of rotatable bonds is 3. The highest BCUT2D eigenvalue weighted by atomic mass is 16.5. The average Bonchev–Trinajstić information content (AvgIpc) is 2.89. The molecule has 0 amide bonds. The molecule has 2 heteroatoms. The van der Waals surface area contributed by atoms with Crippen LogP contribution in [-0.2, 0) is 0 Å². The summed E-state index contributed by atoms with van der Waals surface area (Å²) in [5.74, 6) is 0.878.